The number of rotatable bonds is 7. The van der Waals surface area contributed by atoms with E-state index in [1.54, 1.807) is 13.0 Å². The van der Waals surface area contributed by atoms with Crippen LogP contribution < -0.4 is 5.23 Å². The van der Waals surface area contributed by atoms with Gasteiger partial charge in [0.05, 0.1) is 20.3 Å². The summed E-state index contributed by atoms with van der Waals surface area (Å²) in [6.07, 6.45) is 0.611. The van der Waals surface area contributed by atoms with Gasteiger partial charge in [0.15, 0.2) is 10.8 Å². The molecule has 0 aliphatic carbocycles. The van der Waals surface area contributed by atoms with E-state index in [0.29, 0.717) is 30.2 Å². The first-order valence-electron chi connectivity index (χ1n) is 7.23. The number of hydrogen-bond acceptors (Lipinski definition) is 10. The molecular weight excluding hydrogens is 380 g/mol. The van der Waals surface area contributed by atoms with E-state index in [1.807, 2.05) is 6.92 Å². The molecule has 0 saturated carbocycles. The van der Waals surface area contributed by atoms with E-state index >= 15 is 0 Å². The smallest absolute Gasteiger partial charge is 0.275 e. The SMILES string of the molecule is CCCN(OC)S(=O)(=O)c1sc(N2OSO2)cc1C1(C)OCCO1. The topological polar surface area (TPSA) is 86.8 Å². The van der Waals surface area contributed by atoms with Crippen molar-refractivity contribution in [3.63, 3.8) is 0 Å². The zero-order chi connectivity index (χ0) is 17.4. The quantitative estimate of drug-likeness (QED) is 0.506. The van der Waals surface area contributed by atoms with Crippen LogP contribution in [0.15, 0.2) is 10.3 Å². The van der Waals surface area contributed by atoms with Crippen LogP contribution in [-0.2, 0) is 38.7 Å². The normalized spacial score (nSPS) is 20.6. The fourth-order valence-electron chi connectivity index (χ4n) is 2.35. The van der Waals surface area contributed by atoms with Crippen molar-refractivity contribution in [2.75, 3.05) is 32.1 Å². The maximum atomic E-state index is 13.0. The van der Waals surface area contributed by atoms with E-state index in [9.17, 15) is 8.42 Å². The molecule has 24 heavy (non-hydrogen) atoms. The van der Waals surface area contributed by atoms with Crippen molar-refractivity contribution in [3.05, 3.63) is 11.6 Å². The van der Waals surface area contributed by atoms with Crippen LogP contribution in [0.1, 0.15) is 25.8 Å². The number of sulfonamides is 1. The molecule has 0 spiro atoms. The molecule has 0 amide bonds. The van der Waals surface area contributed by atoms with Gasteiger partial charge in [0, 0.05) is 12.1 Å². The van der Waals surface area contributed by atoms with Gasteiger partial charge in [-0.15, -0.1) is 8.57 Å². The van der Waals surface area contributed by atoms with Crippen LogP contribution in [-0.4, -0.2) is 39.8 Å². The monoisotopic (exact) mass is 398 g/mol. The summed E-state index contributed by atoms with van der Waals surface area (Å²) in [6, 6.07) is 1.63. The summed E-state index contributed by atoms with van der Waals surface area (Å²) in [4.78, 5) is 5.06. The van der Waals surface area contributed by atoms with Gasteiger partial charge in [-0.25, -0.2) is 8.42 Å². The summed E-state index contributed by atoms with van der Waals surface area (Å²) in [5.74, 6) is -1.15. The van der Waals surface area contributed by atoms with Crippen LogP contribution in [0.5, 0.6) is 0 Å². The standard InChI is InChI=1S/C12H18N2O7S3/c1-4-5-13(17-3)24(15,16)11-9(12(2)18-6-7-19-12)8-10(22-11)14-20-23-21-14/h8H,4-7H2,1-3H3. The lowest BCUT2D eigenvalue weighted by molar-refractivity contribution is -0.151. The molecule has 2 fully saturated rings. The van der Waals surface area contributed by atoms with Crippen molar-refractivity contribution in [2.45, 2.75) is 30.3 Å². The molecule has 0 atom stereocenters. The molecule has 3 rings (SSSR count). The Morgan fingerprint density at radius 3 is 2.54 bits per heavy atom. The number of anilines is 1. The Labute approximate surface area is 148 Å². The van der Waals surface area contributed by atoms with Crippen molar-refractivity contribution in [3.8, 4) is 0 Å². The molecule has 1 aromatic rings. The predicted octanol–water partition coefficient (Wildman–Crippen LogP) is 2.18. The first-order chi connectivity index (χ1) is 11.4. The van der Waals surface area contributed by atoms with Crippen LogP contribution in [0.4, 0.5) is 5.00 Å². The highest BCUT2D eigenvalue weighted by molar-refractivity contribution is 7.91. The number of thiophene rings is 1. The average molecular weight is 398 g/mol. The molecule has 2 saturated heterocycles. The summed E-state index contributed by atoms with van der Waals surface area (Å²) in [7, 11) is -2.57. The van der Waals surface area contributed by atoms with Gasteiger partial charge >= 0.3 is 0 Å². The van der Waals surface area contributed by atoms with E-state index in [1.165, 1.54) is 7.11 Å². The first kappa shape index (κ1) is 18.4. The van der Waals surface area contributed by atoms with Gasteiger partial charge in [-0.05, 0) is 19.4 Å². The fraction of sp³-hybridized carbons (Fsp3) is 0.667. The lowest BCUT2D eigenvalue weighted by atomic mass is 10.1. The summed E-state index contributed by atoms with van der Waals surface area (Å²) in [6.45, 7) is 4.56. The number of ether oxygens (including phenoxy) is 2. The summed E-state index contributed by atoms with van der Waals surface area (Å²) < 4.78 is 48.4. The Kier molecular flexibility index (Phi) is 5.39. The van der Waals surface area contributed by atoms with Crippen LogP contribution in [0.25, 0.3) is 0 Å². The van der Waals surface area contributed by atoms with Crippen LogP contribution in [0, 0.1) is 0 Å². The minimum Gasteiger partial charge on any atom is -0.344 e. The van der Waals surface area contributed by atoms with Crippen molar-refractivity contribution < 1.29 is 31.3 Å². The summed E-state index contributed by atoms with van der Waals surface area (Å²) in [5.41, 5.74) is 0.391. The van der Waals surface area contributed by atoms with Crippen molar-refractivity contribution in [1.29, 1.82) is 0 Å². The highest BCUT2D eigenvalue weighted by atomic mass is 32.2. The third-order valence-corrected chi connectivity index (χ3v) is 7.21. The molecule has 2 aliphatic heterocycles. The average Bonchev–Trinajstić information content (AvgIpc) is 3.11. The summed E-state index contributed by atoms with van der Waals surface area (Å²) >= 11 is 1.80. The molecule has 9 nitrogen and oxygen atoms in total. The van der Waals surface area contributed by atoms with Gasteiger partial charge in [0.2, 0.25) is 12.3 Å². The second-order valence-electron chi connectivity index (χ2n) is 5.12. The lowest BCUT2D eigenvalue weighted by Gasteiger charge is -2.25. The zero-order valence-electron chi connectivity index (χ0n) is 13.4. The zero-order valence-corrected chi connectivity index (χ0v) is 15.8. The highest BCUT2D eigenvalue weighted by Crippen LogP contribution is 2.46. The maximum Gasteiger partial charge on any atom is 0.275 e. The minimum absolute atomic E-state index is 0.0706. The lowest BCUT2D eigenvalue weighted by Crippen LogP contribution is -2.33. The van der Waals surface area contributed by atoms with Gasteiger partial charge < -0.3 is 9.47 Å². The second kappa shape index (κ2) is 7.05. The Hall–Kier alpha value is -0.440. The van der Waals surface area contributed by atoms with Gasteiger partial charge in [0.1, 0.15) is 4.21 Å². The van der Waals surface area contributed by atoms with Crippen molar-refractivity contribution in [2.24, 2.45) is 0 Å². The Balaban J connectivity index is 2.06. The molecule has 3 heterocycles. The Morgan fingerprint density at radius 2 is 2.04 bits per heavy atom. The first-order valence-corrected chi connectivity index (χ1v) is 10.2. The number of nitrogens with zero attached hydrogens (tertiary/aromatic N) is 2. The van der Waals surface area contributed by atoms with Gasteiger partial charge in [-0.2, -0.15) is 0 Å². The molecule has 0 aromatic carbocycles. The molecule has 0 radical (unpaired) electrons. The molecule has 0 unspecified atom stereocenters. The van der Waals surface area contributed by atoms with E-state index < -0.39 is 15.8 Å². The Bertz CT molecular complexity index is 683. The van der Waals surface area contributed by atoms with E-state index in [-0.39, 0.29) is 10.8 Å². The van der Waals surface area contributed by atoms with Crippen LogP contribution in [0.3, 0.4) is 0 Å². The van der Waals surface area contributed by atoms with Crippen LogP contribution >= 0.6 is 23.7 Å². The third-order valence-electron chi connectivity index (χ3n) is 3.50. The van der Waals surface area contributed by atoms with Gasteiger partial charge in [-0.1, -0.05) is 28.0 Å². The third kappa shape index (κ3) is 3.18. The highest BCUT2D eigenvalue weighted by Gasteiger charge is 2.43. The maximum absolute atomic E-state index is 13.0. The molecule has 1 aromatic heterocycles. The van der Waals surface area contributed by atoms with Crippen molar-refractivity contribution >= 4 is 38.7 Å². The molecule has 136 valence electrons. The molecule has 0 bridgehead atoms. The molecule has 2 aliphatic rings. The van der Waals surface area contributed by atoms with Gasteiger partial charge in [-0.3, -0.25) is 4.84 Å². The van der Waals surface area contributed by atoms with Crippen LogP contribution in [0.2, 0.25) is 0 Å². The molecular formula is C12H18N2O7S3. The van der Waals surface area contributed by atoms with E-state index in [4.69, 9.17) is 22.9 Å². The number of hydroxylamine groups is 1. The summed E-state index contributed by atoms with van der Waals surface area (Å²) in [5, 5.41) is 1.60. The largest absolute Gasteiger partial charge is 0.344 e. The van der Waals surface area contributed by atoms with E-state index in [2.05, 4.69) is 0 Å². The molecule has 12 heteroatoms. The number of hydrogen-bond donors (Lipinski definition) is 0. The van der Waals surface area contributed by atoms with Gasteiger partial charge in [0.25, 0.3) is 10.0 Å². The minimum atomic E-state index is -3.89. The fourth-order valence-corrected chi connectivity index (χ4v) is 5.85. The van der Waals surface area contributed by atoms with Crippen molar-refractivity contribution in [1.82, 2.24) is 4.47 Å². The molecule has 0 N–H and O–H groups in total. The van der Waals surface area contributed by atoms with E-state index in [0.717, 1.165) is 33.4 Å². The predicted molar refractivity (Wildman–Crippen MR) is 87.0 cm³/mol. The Morgan fingerprint density at radius 1 is 1.38 bits per heavy atom. The second-order valence-corrected chi connectivity index (χ2v) is 8.61.